The zero-order chi connectivity index (χ0) is 35.0. The highest BCUT2D eigenvalue weighted by atomic mass is 19.4. The molecule has 0 saturated carbocycles. The third kappa shape index (κ3) is 5.96. The molecule has 4 aliphatic heterocycles. The van der Waals surface area contributed by atoms with Crippen molar-refractivity contribution in [1.82, 2.24) is 25.2 Å². The summed E-state index contributed by atoms with van der Waals surface area (Å²) in [6.45, 7) is 8.41. The average molecular weight is 700 g/mol. The molecule has 3 N–H and O–H groups in total. The molecule has 6 heterocycles. The van der Waals surface area contributed by atoms with E-state index in [1.807, 2.05) is 4.90 Å². The number of nitrogens with zero attached hydrogens (tertiary/aromatic N) is 5. The van der Waals surface area contributed by atoms with Gasteiger partial charge in [0.1, 0.15) is 34.3 Å². The van der Waals surface area contributed by atoms with Crippen LogP contribution in [0.1, 0.15) is 31.4 Å². The summed E-state index contributed by atoms with van der Waals surface area (Å²) >= 11 is 0. The van der Waals surface area contributed by atoms with Crippen molar-refractivity contribution in [3.8, 4) is 23.1 Å². The summed E-state index contributed by atoms with van der Waals surface area (Å²) < 4.78 is 120. The van der Waals surface area contributed by atoms with Gasteiger partial charge in [-0.2, -0.15) is 23.1 Å². The highest BCUT2D eigenvalue weighted by molar-refractivity contribution is 5.97. The molecule has 17 heteroatoms. The standard InChI is InChI=1S/C32H36F7N7O3/c1-15-22(32(37,38)39)17(6-18(40)23(15)35)25-24(36)26-21-27(46-5-4-41-8-19(46)16(2)49-28(21)42-25)44-29(43-26)48-12-30(3,7-20(33)34)9-45-10-31(11-45)13-47-14-31/h6,16,19-20,41H,4-5,7-14,40H2,1-3H3/t16-,19-,30+/m0/s1. The molecule has 49 heavy (non-hydrogen) atoms. The van der Waals surface area contributed by atoms with Crippen molar-refractivity contribution in [1.29, 1.82) is 0 Å². The molecule has 0 amide bonds. The SMILES string of the molecule is Cc1c(F)c(N)cc(-c2nc3c4c(nc(OC[C@](C)(CC(F)F)CN5CC6(COC6)C5)nc4c2F)N2CCNC[C@H]2[C@H](C)O3)c1C(F)(F)F. The van der Waals surface area contributed by atoms with E-state index in [9.17, 15) is 26.3 Å². The van der Waals surface area contributed by atoms with Crippen molar-refractivity contribution in [3.05, 3.63) is 28.8 Å². The van der Waals surface area contributed by atoms with Crippen molar-refractivity contribution in [2.45, 2.75) is 51.9 Å². The van der Waals surface area contributed by atoms with E-state index in [0.717, 1.165) is 6.92 Å². The first kappa shape index (κ1) is 33.8. The van der Waals surface area contributed by atoms with E-state index in [2.05, 4.69) is 25.2 Å². The van der Waals surface area contributed by atoms with Gasteiger partial charge in [-0.15, -0.1) is 0 Å². The average Bonchev–Trinajstić information content (AvgIpc) is 3.10. The van der Waals surface area contributed by atoms with Gasteiger partial charge < -0.3 is 35.1 Å². The summed E-state index contributed by atoms with van der Waals surface area (Å²) in [5.41, 5.74) is -0.216. The van der Waals surface area contributed by atoms with Crippen LogP contribution in [0.4, 0.5) is 42.2 Å². The molecular weight excluding hydrogens is 663 g/mol. The van der Waals surface area contributed by atoms with Gasteiger partial charge in [0.25, 0.3) is 0 Å². The van der Waals surface area contributed by atoms with Crippen LogP contribution >= 0.6 is 0 Å². The van der Waals surface area contributed by atoms with Crippen LogP contribution in [0.15, 0.2) is 6.07 Å². The number of ether oxygens (including phenoxy) is 3. The number of nitrogens with one attached hydrogen (secondary N) is 1. The van der Waals surface area contributed by atoms with Crippen molar-refractivity contribution < 1.29 is 44.9 Å². The second-order valence-corrected chi connectivity index (χ2v) is 14.1. The first-order valence-electron chi connectivity index (χ1n) is 16.0. The van der Waals surface area contributed by atoms with Crippen LogP contribution in [0.25, 0.3) is 22.2 Å². The number of halogens is 7. The fourth-order valence-corrected chi connectivity index (χ4v) is 7.58. The number of benzene rings is 1. The summed E-state index contributed by atoms with van der Waals surface area (Å²) in [5, 5.41) is 3.27. The number of hydrogen-bond donors (Lipinski definition) is 2. The van der Waals surface area contributed by atoms with Crippen LogP contribution in [0.5, 0.6) is 11.9 Å². The highest BCUT2D eigenvalue weighted by Crippen LogP contribution is 2.46. The number of hydrogen-bond acceptors (Lipinski definition) is 10. The molecule has 2 aromatic heterocycles. The van der Waals surface area contributed by atoms with E-state index < -0.39 is 75.8 Å². The second kappa shape index (κ2) is 12.0. The molecule has 1 spiro atoms. The molecule has 3 aromatic rings. The maximum Gasteiger partial charge on any atom is 0.417 e. The summed E-state index contributed by atoms with van der Waals surface area (Å²) in [6, 6.07) is -0.0174. The maximum atomic E-state index is 16.7. The number of nitrogen functional groups attached to an aromatic ring is 1. The van der Waals surface area contributed by atoms with Gasteiger partial charge in [-0.1, -0.05) is 6.92 Å². The van der Waals surface area contributed by atoms with Crippen LogP contribution in [-0.2, 0) is 10.9 Å². The minimum atomic E-state index is -5.10. The van der Waals surface area contributed by atoms with Crippen molar-refractivity contribution in [2.24, 2.45) is 10.8 Å². The number of piperazine rings is 1. The minimum Gasteiger partial charge on any atom is -0.472 e. The summed E-state index contributed by atoms with van der Waals surface area (Å²) in [7, 11) is 0. The van der Waals surface area contributed by atoms with E-state index in [1.165, 1.54) is 0 Å². The van der Waals surface area contributed by atoms with E-state index >= 15 is 4.39 Å². The number of nitrogens with two attached hydrogens (primary N) is 1. The molecule has 4 aliphatic rings. The Balaban J connectivity index is 1.34. The van der Waals surface area contributed by atoms with Gasteiger partial charge >= 0.3 is 12.2 Å². The van der Waals surface area contributed by atoms with E-state index in [0.29, 0.717) is 58.5 Å². The van der Waals surface area contributed by atoms with E-state index in [-0.39, 0.29) is 41.2 Å². The zero-order valence-corrected chi connectivity index (χ0v) is 27.1. The Morgan fingerprint density at radius 1 is 1.14 bits per heavy atom. The molecule has 1 aromatic carbocycles. The number of aromatic nitrogens is 3. The van der Waals surface area contributed by atoms with E-state index in [1.54, 1.807) is 13.8 Å². The number of rotatable bonds is 8. The number of pyridine rings is 1. The van der Waals surface area contributed by atoms with Crippen molar-refractivity contribution in [2.75, 3.05) is 69.7 Å². The second-order valence-electron chi connectivity index (χ2n) is 14.1. The molecule has 0 aliphatic carbocycles. The molecule has 7 rings (SSSR count). The molecule has 0 unspecified atom stereocenters. The maximum absolute atomic E-state index is 16.7. The quantitative estimate of drug-likeness (QED) is 0.251. The number of anilines is 2. The van der Waals surface area contributed by atoms with Crippen LogP contribution in [-0.4, -0.2) is 97.5 Å². The third-order valence-electron chi connectivity index (χ3n) is 9.91. The molecule has 3 atom stereocenters. The van der Waals surface area contributed by atoms with Gasteiger partial charge in [-0.05, 0) is 25.5 Å². The van der Waals surface area contributed by atoms with Gasteiger partial charge in [0.2, 0.25) is 12.3 Å². The zero-order valence-electron chi connectivity index (χ0n) is 27.1. The monoisotopic (exact) mass is 699 g/mol. The Kier molecular flexibility index (Phi) is 8.25. The van der Waals surface area contributed by atoms with Gasteiger partial charge in [0.05, 0.1) is 37.1 Å². The molecule has 3 saturated heterocycles. The van der Waals surface area contributed by atoms with E-state index in [4.69, 9.17) is 19.9 Å². The predicted octanol–water partition coefficient (Wildman–Crippen LogP) is 4.81. The van der Waals surface area contributed by atoms with Crippen LogP contribution in [0.3, 0.4) is 0 Å². The molecule has 0 radical (unpaired) electrons. The molecule has 266 valence electrons. The van der Waals surface area contributed by atoms with Crippen LogP contribution < -0.4 is 25.4 Å². The molecule has 10 nitrogen and oxygen atoms in total. The Morgan fingerprint density at radius 2 is 1.88 bits per heavy atom. The lowest BCUT2D eigenvalue weighted by atomic mass is 9.76. The Morgan fingerprint density at radius 3 is 2.53 bits per heavy atom. The van der Waals surface area contributed by atoms with Gasteiger partial charge in [0.15, 0.2) is 5.82 Å². The number of alkyl halides is 5. The van der Waals surface area contributed by atoms with Crippen molar-refractivity contribution >= 4 is 22.4 Å². The Labute approximate surface area is 277 Å². The first-order valence-corrected chi connectivity index (χ1v) is 16.0. The fourth-order valence-electron chi connectivity index (χ4n) is 7.58. The first-order chi connectivity index (χ1) is 23.1. The topological polar surface area (TPSA) is 111 Å². The lowest BCUT2D eigenvalue weighted by Gasteiger charge is -2.56. The minimum absolute atomic E-state index is 0.00847. The van der Waals surface area contributed by atoms with Crippen LogP contribution in [0.2, 0.25) is 0 Å². The summed E-state index contributed by atoms with van der Waals surface area (Å²) in [5.74, 6) is -2.60. The lowest BCUT2D eigenvalue weighted by Crippen LogP contribution is -2.67. The number of likely N-dealkylation sites (tertiary alicyclic amines) is 1. The van der Waals surface area contributed by atoms with Crippen LogP contribution in [0, 0.1) is 29.4 Å². The summed E-state index contributed by atoms with van der Waals surface area (Å²) in [6.07, 6.45) is -8.83. The van der Waals surface area contributed by atoms with Gasteiger partial charge in [0, 0.05) is 62.1 Å². The molecule has 0 bridgehead atoms. The predicted molar refractivity (Wildman–Crippen MR) is 165 cm³/mol. The van der Waals surface area contributed by atoms with Gasteiger partial charge in [-0.3, -0.25) is 0 Å². The van der Waals surface area contributed by atoms with Crippen molar-refractivity contribution in [3.63, 3.8) is 0 Å². The fraction of sp³-hybridized carbons (Fsp3) is 0.594. The van der Waals surface area contributed by atoms with Gasteiger partial charge in [-0.25, -0.2) is 22.5 Å². The number of fused-ring (bicyclic) bond motifs is 2. The normalized spacial score (nSPS) is 23.0. The largest absolute Gasteiger partial charge is 0.472 e. The lowest BCUT2D eigenvalue weighted by molar-refractivity contribution is -0.196. The smallest absolute Gasteiger partial charge is 0.417 e. The Bertz CT molecular complexity index is 1780. The Hall–Kier alpha value is -3.70. The highest BCUT2D eigenvalue weighted by Gasteiger charge is 2.50. The summed E-state index contributed by atoms with van der Waals surface area (Å²) in [4.78, 5) is 17.1. The molecule has 3 fully saturated rings. The third-order valence-corrected chi connectivity index (χ3v) is 9.91. The molecular formula is C32H36F7N7O3.